The Morgan fingerprint density at radius 2 is 1.72 bits per heavy atom. The Balaban J connectivity index is 1.95. The first kappa shape index (κ1) is 13.5. The molecule has 0 radical (unpaired) electrons. The van der Waals surface area contributed by atoms with Gasteiger partial charge in [-0.2, -0.15) is 0 Å². The maximum absolute atomic E-state index is 9.91. The lowest BCUT2D eigenvalue weighted by Crippen LogP contribution is -2.37. The van der Waals surface area contributed by atoms with Crippen LogP contribution in [0.25, 0.3) is 0 Å². The third-order valence-corrected chi connectivity index (χ3v) is 3.08. The molecule has 1 aliphatic rings. The molecule has 4 atom stereocenters. The van der Waals surface area contributed by atoms with Crippen molar-refractivity contribution in [3.8, 4) is 0 Å². The zero-order valence-corrected chi connectivity index (χ0v) is 9.98. The molecule has 1 fully saturated rings. The molecule has 2 rings (SSSR count). The van der Waals surface area contributed by atoms with Gasteiger partial charge in [0.05, 0.1) is 19.8 Å². The second-order valence-corrected chi connectivity index (χ2v) is 4.33. The maximum Gasteiger partial charge on any atom is 0.115 e. The lowest BCUT2D eigenvalue weighted by molar-refractivity contribution is -0.0627. The van der Waals surface area contributed by atoms with Gasteiger partial charge in [-0.15, -0.1) is 0 Å². The van der Waals surface area contributed by atoms with Crippen LogP contribution in [0.2, 0.25) is 0 Å². The summed E-state index contributed by atoms with van der Waals surface area (Å²) in [6.07, 6.45) is -2.83. The first-order chi connectivity index (χ1) is 8.76. The number of aliphatic hydroxyl groups excluding tert-OH is 3. The van der Waals surface area contributed by atoms with Crippen LogP contribution in [-0.4, -0.2) is 52.9 Å². The number of hydrogen-bond acceptors (Lipinski definition) is 5. The highest BCUT2D eigenvalue weighted by Crippen LogP contribution is 2.24. The molecule has 0 amide bonds. The minimum absolute atomic E-state index is 0.243. The quantitative estimate of drug-likeness (QED) is 0.671. The van der Waals surface area contributed by atoms with E-state index >= 15 is 0 Å². The first-order valence-corrected chi connectivity index (χ1v) is 5.97. The van der Waals surface area contributed by atoms with Crippen LogP contribution in [0.1, 0.15) is 5.56 Å². The lowest BCUT2D eigenvalue weighted by Gasteiger charge is -2.19. The van der Waals surface area contributed by atoms with E-state index in [9.17, 15) is 5.11 Å². The summed E-state index contributed by atoms with van der Waals surface area (Å²) in [5.41, 5.74) is 0.980. The molecule has 5 nitrogen and oxygen atoms in total. The van der Waals surface area contributed by atoms with E-state index in [-0.39, 0.29) is 13.2 Å². The van der Waals surface area contributed by atoms with Gasteiger partial charge in [0.15, 0.2) is 0 Å². The van der Waals surface area contributed by atoms with Crippen molar-refractivity contribution in [2.45, 2.75) is 31.0 Å². The van der Waals surface area contributed by atoms with Crippen molar-refractivity contribution >= 4 is 0 Å². The highest BCUT2D eigenvalue weighted by atomic mass is 16.6. The molecule has 18 heavy (non-hydrogen) atoms. The Hall–Kier alpha value is -0.980. The third-order valence-electron chi connectivity index (χ3n) is 3.08. The third kappa shape index (κ3) is 2.88. The fraction of sp³-hybridized carbons (Fsp3) is 0.538. The van der Waals surface area contributed by atoms with Crippen LogP contribution in [0.4, 0.5) is 0 Å². The summed E-state index contributed by atoms with van der Waals surface area (Å²) in [5, 5.41) is 28.1. The van der Waals surface area contributed by atoms with E-state index in [1.807, 2.05) is 30.3 Å². The van der Waals surface area contributed by atoms with Gasteiger partial charge in [-0.1, -0.05) is 30.3 Å². The van der Waals surface area contributed by atoms with Crippen LogP contribution in [0.15, 0.2) is 30.3 Å². The van der Waals surface area contributed by atoms with Crippen molar-refractivity contribution in [2.75, 3.05) is 13.2 Å². The minimum atomic E-state index is -0.920. The standard InChI is InChI=1S/C13H18O5/c14-6-10-12(16)13(11(7-15)18-10)17-8-9-4-2-1-3-5-9/h1-5,10-16H,6-8H2/t10-,11-,12+,13+/m1/s1. The Morgan fingerprint density at radius 1 is 1.06 bits per heavy atom. The second-order valence-electron chi connectivity index (χ2n) is 4.33. The molecule has 1 saturated heterocycles. The van der Waals surface area contributed by atoms with Crippen molar-refractivity contribution in [3.63, 3.8) is 0 Å². The van der Waals surface area contributed by atoms with Gasteiger partial charge in [0.1, 0.15) is 24.4 Å². The monoisotopic (exact) mass is 254 g/mol. The first-order valence-electron chi connectivity index (χ1n) is 5.97. The Kier molecular flexibility index (Phi) is 4.68. The van der Waals surface area contributed by atoms with E-state index in [2.05, 4.69) is 0 Å². The minimum Gasteiger partial charge on any atom is -0.394 e. The van der Waals surface area contributed by atoms with E-state index in [4.69, 9.17) is 19.7 Å². The van der Waals surface area contributed by atoms with E-state index in [1.165, 1.54) is 0 Å². The average molecular weight is 254 g/mol. The van der Waals surface area contributed by atoms with Gasteiger partial charge in [-0.05, 0) is 5.56 Å². The van der Waals surface area contributed by atoms with Gasteiger partial charge >= 0.3 is 0 Å². The Bertz CT molecular complexity index is 354. The van der Waals surface area contributed by atoms with E-state index in [0.717, 1.165) is 5.56 Å². The molecule has 0 aromatic heterocycles. The van der Waals surface area contributed by atoms with Crippen LogP contribution in [0.3, 0.4) is 0 Å². The molecule has 3 N–H and O–H groups in total. The molecule has 5 heteroatoms. The van der Waals surface area contributed by atoms with Gasteiger partial charge < -0.3 is 24.8 Å². The molecule has 1 heterocycles. The van der Waals surface area contributed by atoms with Crippen LogP contribution >= 0.6 is 0 Å². The van der Waals surface area contributed by atoms with Crippen molar-refractivity contribution in [2.24, 2.45) is 0 Å². The van der Waals surface area contributed by atoms with Crippen LogP contribution in [0, 0.1) is 0 Å². The molecule has 1 aliphatic heterocycles. The number of benzene rings is 1. The van der Waals surface area contributed by atoms with Gasteiger partial charge in [-0.3, -0.25) is 0 Å². The number of hydrogen-bond donors (Lipinski definition) is 3. The van der Waals surface area contributed by atoms with Crippen molar-refractivity contribution in [1.29, 1.82) is 0 Å². The molecule has 0 unspecified atom stereocenters. The Labute approximate surface area is 106 Å². The van der Waals surface area contributed by atoms with Crippen molar-refractivity contribution in [3.05, 3.63) is 35.9 Å². The number of ether oxygens (including phenoxy) is 2. The molecule has 0 saturated carbocycles. The molecule has 0 aliphatic carbocycles. The number of aliphatic hydroxyl groups is 3. The predicted molar refractivity (Wildman–Crippen MR) is 63.9 cm³/mol. The molecule has 0 bridgehead atoms. The van der Waals surface area contributed by atoms with E-state index in [0.29, 0.717) is 6.61 Å². The smallest absolute Gasteiger partial charge is 0.115 e. The fourth-order valence-corrected chi connectivity index (χ4v) is 2.08. The van der Waals surface area contributed by atoms with E-state index < -0.39 is 24.4 Å². The fourth-order valence-electron chi connectivity index (χ4n) is 2.08. The molecule has 1 aromatic rings. The Morgan fingerprint density at radius 3 is 2.33 bits per heavy atom. The topological polar surface area (TPSA) is 79.2 Å². The van der Waals surface area contributed by atoms with Crippen molar-refractivity contribution in [1.82, 2.24) is 0 Å². The summed E-state index contributed by atoms with van der Waals surface area (Å²) in [7, 11) is 0. The van der Waals surface area contributed by atoms with Crippen LogP contribution in [-0.2, 0) is 16.1 Å². The normalized spacial score (nSPS) is 31.7. The second kappa shape index (κ2) is 6.26. The summed E-state index contributed by atoms with van der Waals surface area (Å²) >= 11 is 0. The average Bonchev–Trinajstić information content (AvgIpc) is 2.73. The SMILES string of the molecule is OC[C@H]1O[C@H](CO)[C@H](OCc2ccccc2)[C@H]1O. The highest BCUT2D eigenvalue weighted by molar-refractivity contribution is 5.13. The summed E-state index contributed by atoms with van der Waals surface area (Å²) in [4.78, 5) is 0. The summed E-state index contributed by atoms with van der Waals surface area (Å²) in [6, 6.07) is 9.55. The maximum atomic E-state index is 9.91. The molecular formula is C13H18O5. The summed E-state index contributed by atoms with van der Waals surface area (Å²) < 4.78 is 10.9. The molecule has 0 spiro atoms. The van der Waals surface area contributed by atoms with Crippen LogP contribution in [0.5, 0.6) is 0 Å². The zero-order chi connectivity index (χ0) is 13.0. The predicted octanol–water partition coefficient (Wildman–Crippen LogP) is -0.315. The summed E-state index contributed by atoms with van der Waals surface area (Å²) in [5.74, 6) is 0. The van der Waals surface area contributed by atoms with E-state index in [1.54, 1.807) is 0 Å². The lowest BCUT2D eigenvalue weighted by atomic mass is 10.1. The van der Waals surface area contributed by atoms with Crippen LogP contribution < -0.4 is 0 Å². The van der Waals surface area contributed by atoms with Gasteiger partial charge in [0.25, 0.3) is 0 Å². The molecular weight excluding hydrogens is 236 g/mol. The van der Waals surface area contributed by atoms with Gasteiger partial charge in [0, 0.05) is 0 Å². The number of rotatable bonds is 5. The summed E-state index contributed by atoms with van der Waals surface area (Å²) in [6.45, 7) is -0.198. The van der Waals surface area contributed by atoms with Crippen molar-refractivity contribution < 1.29 is 24.8 Å². The van der Waals surface area contributed by atoms with Gasteiger partial charge in [-0.25, -0.2) is 0 Å². The molecule has 100 valence electrons. The molecule has 1 aromatic carbocycles. The zero-order valence-electron chi connectivity index (χ0n) is 9.98. The highest BCUT2D eigenvalue weighted by Gasteiger charge is 2.43. The van der Waals surface area contributed by atoms with Gasteiger partial charge in [0.2, 0.25) is 0 Å². The largest absolute Gasteiger partial charge is 0.394 e.